The second-order valence-corrected chi connectivity index (χ2v) is 6.36. The van der Waals surface area contributed by atoms with Crippen LogP contribution >= 0.6 is 0 Å². The Morgan fingerprint density at radius 2 is 1.88 bits per heavy atom. The maximum Gasteiger partial charge on any atom is 0.137 e. The molecule has 1 heterocycles. The van der Waals surface area contributed by atoms with Crippen molar-refractivity contribution in [3.63, 3.8) is 0 Å². The number of nitrogens with zero attached hydrogens (tertiary/aromatic N) is 1. The number of benzene rings is 2. The number of piperidine rings is 1. The van der Waals surface area contributed by atoms with Crippen LogP contribution < -0.4 is 9.84 Å². The summed E-state index contributed by atoms with van der Waals surface area (Å²) in [6, 6.07) is 13.8. The van der Waals surface area contributed by atoms with Gasteiger partial charge < -0.3 is 24.3 Å². The Hall–Kier alpha value is -2.60. The Morgan fingerprint density at radius 1 is 1.19 bits per heavy atom. The molecule has 0 radical (unpaired) electrons. The van der Waals surface area contributed by atoms with E-state index in [0.29, 0.717) is 19.6 Å². The number of rotatable bonds is 5. The third-order valence-electron chi connectivity index (χ3n) is 4.74. The minimum absolute atomic E-state index is 0.00412. The fourth-order valence-electron chi connectivity index (χ4n) is 3.27. The molecule has 1 fully saturated rings. The van der Waals surface area contributed by atoms with E-state index in [1.807, 2.05) is 24.3 Å². The van der Waals surface area contributed by atoms with Crippen LogP contribution in [0.2, 0.25) is 0 Å². The molecule has 1 saturated heterocycles. The maximum absolute atomic E-state index is 13.2. The zero-order chi connectivity index (χ0) is 18.5. The fraction of sp³-hybridized carbons (Fsp3) is 0.350. The van der Waals surface area contributed by atoms with Gasteiger partial charge in [-0.2, -0.15) is 0 Å². The van der Waals surface area contributed by atoms with E-state index in [4.69, 9.17) is 9.47 Å². The lowest BCUT2D eigenvalue weighted by atomic mass is 9.87. The van der Waals surface area contributed by atoms with Crippen LogP contribution in [0.1, 0.15) is 23.5 Å². The second-order valence-electron chi connectivity index (χ2n) is 6.36. The summed E-state index contributed by atoms with van der Waals surface area (Å²) >= 11 is 0. The van der Waals surface area contributed by atoms with Gasteiger partial charge in [-0.3, -0.25) is 0 Å². The van der Waals surface area contributed by atoms with Gasteiger partial charge in [0.25, 0.3) is 0 Å². The maximum atomic E-state index is 13.2. The summed E-state index contributed by atoms with van der Waals surface area (Å²) in [5.74, 6) is 0.472. The first kappa shape index (κ1) is 18.2. The molecule has 3 rings (SSSR count). The lowest BCUT2D eigenvalue weighted by Crippen LogP contribution is -2.51. The number of carboxylic acid groups (broad SMARTS) is 1. The van der Waals surface area contributed by atoms with E-state index < -0.39 is 6.09 Å². The number of hydrogen-bond donors (Lipinski definition) is 0. The van der Waals surface area contributed by atoms with Crippen LogP contribution in [0, 0.1) is 5.82 Å². The van der Waals surface area contributed by atoms with Gasteiger partial charge in [0.2, 0.25) is 0 Å². The third-order valence-corrected chi connectivity index (χ3v) is 4.74. The van der Waals surface area contributed by atoms with Gasteiger partial charge in [-0.1, -0.05) is 24.3 Å². The quantitative estimate of drug-likeness (QED) is 0.824. The van der Waals surface area contributed by atoms with Crippen molar-refractivity contribution in [2.45, 2.75) is 25.0 Å². The molecule has 0 saturated carbocycles. The third kappa shape index (κ3) is 4.32. The van der Waals surface area contributed by atoms with Crippen molar-refractivity contribution < 1.29 is 23.8 Å². The Bertz CT molecular complexity index is 732. The molecule has 0 N–H and O–H groups in total. The molecule has 0 aromatic heterocycles. The van der Waals surface area contributed by atoms with Crippen LogP contribution in [0.5, 0.6) is 5.75 Å². The van der Waals surface area contributed by atoms with Crippen LogP contribution in [0.3, 0.4) is 0 Å². The van der Waals surface area contributed by atoms with Gasteiger partial charge in [-0.15, -0.1) is 0 Å². The largest absolute Gasteiger partial charge is 0.530 e. The molecule has 2 atom stereocenters. The first-order valence-corrected chi connectivity index (χ1v) is 8.52. The average Bonchev–Trinajstić information content (AvgIpc) is 2.67. The molecule has 1 amide bonds. The molecule has 5 nitrogen and oxygen atoms in total. The number of methoxy groups -OCH3 is 1. The van der Waals surface area contributed by atoms with E-state index in [0.717, 1.165) is 16.9 Å². The Morgan fingerprint density at radius 3 is 2.50 bits per heavy atom. The van der Waals surface area contributed by atoms with Gasteiger partial charge in [-0.05, 0) is 41.8 Å². The molecule has 6 heteroatoms. The van der Waals surface area contributed by atoms with Gasteiger partial charge in [0.1, 0.15) is 17.7 Å². The molecule has 0 aliphatic carbocycles. The highest BCUT2D eigenvalue weighted by Crippen LogP contribution is 2.31. The first-order valence-electron chi connectivity index (χ1n) is 8.52. The zero-order valence-electron chi connectivity index (χ0n) is 14.6. The van der Waals surface area contributed by atoms with Crippen molar-refractivity contribution in [3.8, 4) is 5.75 Å². The van der Waals surface area contributed by atoms with Gasteiger partial charge in [0.15, 0.2) is 0 Å². The summed E-state index contributed by atoms with van der Waals surface area (Å²) in [6.45, 7) is 0.973. The highest BCUT2D eigenvalue weighted by Gasteiger charge is 2.31. The summed E-state index contributed by atoms with van der Waals surface area (Å²) in [5.41, 5.74) is 1.92. The summed E-state index contributed by atoms with van der Waals surface area (Å²) in [5, 5.41) is 11.2. The summed E-state index contributed by atoms with van der Waals surface area (Å²) in [7, 11) is 1.61. The second kappa shape index (κ2) is 8.19. The fourth-order valence-corrected chi connectivity index (χ4v) is 3.27. The standard InChI is InChI=1S/C20H22FNO4/c1-25-17-8-2-14(3-9-17)13-26-19-12-22(20(23)24)11-10-18(19)15-4-6-16(21)7-5-15/h2-9,18-19H,10-13H2,1H3,(H,23,24)/p-1. The molecular weight excluding hydrogens is 337 g/mol. The molecule has 2 unspecified atom stereocenters. The number of carbonyl (C=O) groups excluding carboxylic acids is 1. The van der Waals surface area contributed by atoms with Gasteiger partial charge in [0.05, 0.1) is 19.8 Å². The van der Waals surface area contributed by atoms with Gasteiger partial charge in [0, 0.05) is 19.0 Å². The molecular formula is C20H21FNO4-. The Kier molecular flexibility index (Phi) is 5.73. The SMILES string of the molecule is COc1ccc(COC2CN(C(=O)[O-])CCC2c2ccc(F)cc2)cc1. The van der Waals surface area contributed by atoms with E-state index in [2.05, 4.69) is 0 Å². The lowest BCUT2D eigenvalue weighted by Gasteiger charge is -2.40. The van der Waals surface area contributed by atoms with Crippen LogP contribution in [0.25, 0.3) is 0 Å². The monoisotopic (exact) mass is 358 g/mol. The van der Waals surface area contributed by atoms with E-state index in [-0.39, 0.29) is 24.4 Å². The molecule has 1 aliphatic rings. The van der Waals surface area contributed by atoms with Crippen molar-refractivity contribution in [1.29, 1.82) is 0 Å². The zero-order valence-corrected chi connectivity index (χ0v) is 14.6. The normalized spacial score (nSPS) is 20.0. The molecule has 26 heavy (non-hydrogen) atoms. The number of hydrogen-bond acceptors (Lipinski definition) is 4. The summed E-state index contributed by atoms with van der Waals surface area (Å²) in [6.07, 6.45) is -0.915. The molecule has 2 aromatic carbocycles. The number of ether oxygens (including phenoxy) is 2. The topological polar surface area (TPSA) is 61.8 Å². The smallest absolute Gasteiger partial charge is 0.137 e. The summed E-state index contributed by atoms with van der Waals surface area (Å²) < 4.78 is 24.4. The minimum Gasteiger partial charge on any atom is -0.530 e. The van der Waals surface area contributed by atoms with E-state index in [9.17, 15) is 14.3 Å². The van der Waals surface area contributed by atoms with Crippen LogP contribution in [-0.2, 0) is 11.3 Å². The predicted molar refractivity (Wildman–Crippen MR) is 92.3 cm³/mol. The van der Waals surface area contributed by atoms with E-state index in [1.54, 1.807) is 19.2 Å². The molecule has 0 spiro atoms. The van der Waals surface area contributed by atoms with Crippen LogP contribution in [0.4, 0.5) is 9.18 Å². The highest BCUT2D eigenvalue weighted by atomic mass is 19.1. The molecule has 0 bridgehead atoms. The van der Waals surface area contributed by atoms with Crippen molar-refractivity contribution in [2.75, 3.05) is 20.2 Å². The predicted octanol–water partition coefficient (Wildman–Crippen LogP) is 2.55. The lowest BCUT2D eigenvalue weighted by molar-refractivity contribution is -0.268. The highest BCUT2D eigenvalue weighted by molar-refractivity contribution is 5.62. The number of halogens is 1. The molecule has 138 valence electrons. The van der Waals surface area contributed by atoms with Crippen molar-refractivity contribution >= 4 is 6.09 Å². The number of amides is 1. The first-order chi connectivity index (χ1) is 12.6. The minimum atomic E-state index is -1.19. The molecule has 2 aromatic rings. The molecule has 1 aliphatic heterocycles. The van der Waals surface area contributed by atoms with Gasteiger partial charge in [-0.25, -0.2) is 4.39 Å². The van der Waals surface area contributed by atoms with Crippen molar-refractivity contribution in [3.05, 3.63) is 65.5 Å². The Balaban J connectivity index is 1.72. The van der Waals surface area contributed by atoms with Crippen LogP contribution in [-0.4, -0.2) is 37.3 Å². The number of carbonyl (C=O) groups is 1. The van der Waals surface area contributed by atoms with E-state index in [1.165, 1.54) is 17.0 Å². The van der Waals surface area contributed by atoms with Crippen molar-refractivity contribution in [1.82, 2.24) is 4.90 Å². The van der Waals surface area contributed by atoms with E-state index >= 15 is 0 Å². The van der Waals surface area contributed by atoms with Gasteiger partial charge >= 0.3 is 0 Å². The summed E-state index contributed by atoms with van der Waals surface area (Å²) in [4.78, 5) is 12.5. The number of likely N-dealkylation sites (tertiary alicyclic amines) is 1. The average molecular weight is 358 g/mol. The Labute approximate surface area is 152 Å². The van der Waals surface area contributed by atoms with Crippen LogP contribution in [0.15, 0.2) is 48.5 Å². The van der Waals surface area contributed by atoms with Crippen molar-refractivity contribution in [2.24, 2.45) is 0 Å².